The van der Waals surface area contributed by atoms with Crippen LogP contribution in [0.3, 0.4) is 0 Å². The summed E-state index contributed by atoms with van der Waals surface area (Å²) in [4.78, 5) is 4.04. The number of halogens is 2. The molecule has 2 rings (SSSR count). The average molecular weight is 377 g/mol. The van der Waals surface area contributed by atoms with Crippen molar-refractivity contribution in [1.29, 1.82) is 0 Å². The first-order valence-corrected chi connectivity index (χ1v) is 8.19. The third-order valence-corrected chi connectivity index (χ3v) is 4.65. The van der Waals surface area contributed by atoms with E-state index in [1.54, 1.807) is 31.3 Å². The molecule has 0 saturated heterocycles. The number of anilines is 2. The lowest BCUT2D eigenvalue weighted by molar-refractivity contribution is 0.601. The van der Waals surface area contributed by atoms with E-state index in [0.29, 0.717) is 16.5 Å². The largest absolute Gasteiger partial charge is 0.373 e. The minimum Gasteiger partial charge on any atom is -0.373 e. The summed E-state index contributed by atoms with van der Waals surface area (Å²) < 4.78 is 27.6. The molecule has 20 heavy (non-hydrogen) atoms. The van der Waals surface area contributed by atoms with Crippen LogP contribution in [0.2, 0.25) is 5.02 Å². The van der Waals surface area contributed by atoms with E-state index in [1.807, 2.05) is 0 Å². The molecule has 8 heteroatoms. The third-order valence-electron chi connectivity index (χ3n) is 2.48. The maximum Gasteiger partial charge on any atom is 0.263 e. The van der Waals surface area contributed by atoms with E-state index in [9.17, 15) is 8.42 Å². The van der Waals surface area contributed by atoms with Crippen LogP contribution in [-0.2, 0) is 10.0 Å². The average Bonchev–Trinajstić information content (AvgIpc) is 2.43. The van der Waals surface area contributed by atoms with E-state index in [2.05, 4.69) is 31.0 Å². The Balaban J connectivity index is 2.32. The van der Waals surface area contributed by atoms with Gasteiger partial charge in [0, 0.05) is 17.7 Å². The minimum atomic E-state index is -3.72. The Labute approximate surface area is 130 Å². The number of pyridine rings is 1. The monoisotopic (exact) mass is 375 g/mol. The maximum absolute atomic E-state index is 12.2. The molecule has 0 fully saturated rings. The van der Waals surface area contributed by atoms with Gasteiger partial charge in [-0.15, -0.1) is 0 Å². The highest BCUT2D eigenvalue weighted by Crippen LogP contribution is 2.27. The zero-order valence-corrected chi connectivity index (χ0v) is 13.6. The normalized spacial score (nSPS) is 11.2. The summed E-state index contributed by atoms with van der Waals surface area (Å²) in [5.74, 6) is 0.587. The molecule has 0 saturated carbocycles. The summed E-state index contributed by atoms with van der Waals surface area (Å²) in [6.45, 7) is 0. The van der Waals surface area contributed by atoms with Crippen LogP contribution < -0.4 is 10.0 Å². The van der Waals surface area contributed by atoms with Crippen LogP contribution in [0.5, 0.6) is 0 Å². The Hall–Kier alpha value is -1.31. The lowest BCUT2D eigenvalue weighted by Gasteiger charge is -2.10. The van der Waals surface area contributed by atoms with Crippen LogP contribution in [0.15, 0.2) is 45.9 Å². The lowest BCUT2D eigenvalue weighted by Crippen LogP contribution is -2.13. The highest BCUT2D eigenvalue weighted by Gasteiger charge is 2.16. The van der Waals surface area contributed by atoms with Crippen molar-refractivity contribution < 1.29 is 8.42 Å². The van der Waals surface area contributed by atoms with Gasteiger partial charge in [-0.2, -0.15) is 0 Å². The van der Waals surface area contributed by atoms with Crippen molar-refractivity contribution in [3.63, 3.8) is 0 Å². The molecular weight excluding hydrogens is 366 g/mol. The molecule has 0 spiro atoms. The lowest BCUT2D eigenvalue weighted by atomic mass is 10.3. The molecule has 106 valence electrons. The van der Waals surface area contributed by atoms with Crippen molar-refractivity contribution >= 4 is 49.1 Å². The molecule has 1 aromatic carbocycles. The van der Waals surface area contributed by atoms with Crippen molar-refractivity contribution in [2.75, 3.05) is 17.1 Å². The number of sulfonamides is 1. The van der Waals surface area contributed by atoms with Gasteiger partial charge in [0.15, 0.2) is 0 Å². The number of nitrogens with one attached hydrogen (secondary N) is 2. The van der Waals surface area contributed by atoms with E-state index in [1.165, 1.54) is 12.3 Å². The quantitative estimate of drug-likeness (QED) is 0.858. The summed E-state index contributed by atoms with van der Waals surface area (Å²) in [5, 5.41) is 3.13. The fourth-order valence-electron chi connectivity index (χ4n) is 1.47. The van der Waals surface area contributed by atoms with Crippen LogP contribution >= 0.6 is 27.5 Å². The fraction of sp³-hybridized carbons (Fsp3) is 0.0833. The second-order valence-electron chi connectivity index (χ2n) is 3.86. The van der Waals surface area contributed by atoms with Gasteiger partial charge in [0.05, 0.1) is 10.7 Å². The second-order valence-corrected chi connectivity index (χ2v) is 6.86. The molecule has 0 atom stereocenters. The second kappa shape index (κ2) is 5.99. The van der Waals surface area contributed by atoms with Crippen molar-refractivity contribution in [3.8, 4) is 0 Å². The van der Waals surface area contributed by atoms with Gasteiger partial charge >= 0.3 is 0 Å². The Morgan fingerprint density at radius 1 is 1.25 bits per heavy atom. The van der Waals surface area contributed by atoms with Gasteiger partial charge in [0.2, 0.25) is 0 Å². The predicted molar refractivity (Wildman–Crippen MR) is 83.7 cm³/mol. The molecule has 0 aliphatic carbocycles. The van der Waals surface area contributed by atoms with Crippen LogP contribution in [0, 0.1) is 0 Å². The first-order chi connectivity index (χ1) is 9.42. The van der Waals surface area contributed by atoms with E-state index in [4.69, 9.17) is 11.6 Å². The van der Waals surface area contributed by atoms with Gasteiger partial charge < -0.3 is 5.32 Å². The van der Waals surface area contributed by atoms with Gasteiger partial charge in [-0.1, -0.05) is 27.5 Å². The molecule has 5 nitrogen and oxygen atoms in total. The van der Waals surface area contributed by atoms with Crippen LogP contribution in [0.1, 0.15) is 0 Å². The van der Waals surface area contributed by atoms with Crippen molar-refractivity contribution in [2.24, 2.45) is 0 Å². The smallest absolute Gasteiger partial charge is 0.263 e. The highest BCUT2D eigenvalue weighted by molar-refractivity contribution is 9.10. The maximum atomic E-state index is 12.2. The Kier molecular flexibility index (Phi) is 4.52. The molecule has 2 N–H and O–H groups in total. The topological polar surface area (TPSA) is 71.1 Å². The first kappa shape index (κ1) is 15.1. The molecule has 0 unspecified atom stereocenters. The van der Waals surface area contributed by atoms with Crippen LogP contribution in [-0.4, -0.2) is 20.4 Å². The van der Waals surface area contributed by atoms with Gasteiger partial charge in [0.1, 0.15) is 10.7 Å². The van der Waals surface area contributed by atoms with Crippen molar-refractivity contribution in [3.05, 3.63) is 46.0 Å². The summed E-state index contributed by atoms with van der Waals surface area (Å²) in [6, 6.07) is 7.97. The van der Waals surface area contributed by atoms with Gasteiger partial charge in [-0.05, 0) is 30.3 Å². The molecule has 0 aliphatic heterocycles. The standard InChI is InChI=1S/C12H11BrClN3O2S/c1-15-12-5-3-9(7-16-12)20(18,19)17-11-6-8(13)2-4-10(11)14/h2-7,17H,1H3,(H,15,16). The van der Waals surface area contributed by atoms with Gasteiger partial charge in [-0.3, -0.25) is 4.72 Å². The SMILES string of the molecule is CNc1ccc(S(=O)(=O)Nc2cc(Br)ccc2Cl)cn1. The summed E-state index contributed by atoms with van der Waals surface area (Å²) in [6.07, 6.45) is 1.28. The number of hydrogen-bond donors (Lipinski definition) is 2. The van der Waals surface area contributed by atoms with Gasteiger partial charge in [0.25, 0.3) is 10.0 Å². The number of aromatic nitrogens is 1. The van der Waals surface area contributed by atoms with E-state index in [-0.39, 0.29) is 4.90 Å². The number of nitrogens with zero attached hydrogens (tertiary/aromatic N) is 1. The number of hydrogen-bond acceptors (Lipinski definition) is 4. The first-order valence-electron chi connectivity index (χ1n) is 5.54. The zero-order chi connectivity index (χ0) is 14.8. The van der Waals surface area contributed by atoms with Crippen molar-refractivity contribution in [2.45, 2.75) is 4.90 Å². The summed E-state index contributed by atoms with van der Waals surface area (Å²) in [5.41, 5.74) is 0.304. The molecular formula is C12H11BrClN3O2S. The molecule has 0 aliphatic rings. The number of rotatable bonds is 4. The van der Waals surface area contributed by atoms with E-state index >= 15 is 0 Å². The van der Waals surface area contributed by atoms with Crippen molar-refractivity contribution in [1.82, 2.24) is 4.98 Å². The number of benzene rings is 1. The zero-order valence-electron chi connectivity index (χ0n) is 10.4. The van der Waals surface area contributed by atoms with Crippen LogP contribution in [0.4, 0.5) is 11.5 Å². The third kappa shape index (κ3) is 3.41. The Morgan fingerprint density at radius 3 is 2.60 bits per heavy atom. The Morgan fingerprint density at radius 2 is 2.00 bits per heavy atom. The van der Waals surface area contributed by atoms with E-state index < -0.39 is 10.0 Å². The minimum absolute atomic E-state index is 0.0625. The van der Waals surface area contributed by atoms with Gasteiger partial charge in [-0.25, -0.2) is 13.4 Å². The molecule has 0 amide bonds. The van der Waals surface area contributed by atoms with E-state index in [0.717, 1.165) is 4.47 Å². The van der Waals surface area contributed by atoms with Crippen LogP contribution in [0.25, 0.3) is 0 Å². The predicted octanol–water partition coefficient (Wildman–Crippen LogP) is 3.34. The summed E-state index contributed by atoms with van der Waals surface area (Å²) in [7, 11) is -2.02. The summed E-state index contributed by atoms with van der Waals surface area (Å²) >= 11 is 9.23. The molecule has 2 aromatic rings. The highest BCUT2D eigenvalue weighted by atomic mass is 79.9. The molecule has 1 aromatic heterocycles. The molecule has 0 bridgehead atoms. The molecule has 0 radical (unpaired) electrons. The Bertz CT molecular complexity index is 720. The molecule has 1 heterocycles. The fourth-order valence-corrected chi connectivity index (χ4v) is 3.06.